The Morgan fingerprint density at radius 1 is 1.35 bits per heavy atom. The number of para-hydroxylation sites is 1. The highest BCUT2D eigenvalue weighted by Crippen LogP contribution is 2.32. The molecule has 1 aromatic carbocycles. The number of benzene rings is 1. The summed E-state index contributed by atoms with van der Waals surface area (Å²) >= 11 is 0. The van der Waals surface area contributed by atoms with Crippen LogP contribution in [0.2, 0.25) is 0 Å². The third-order valence-electron chi connectivity index (χ3n) is 4.01. The lowest BCUT2D eigenvalue weighted by Gasteiger charge is -2.20. The molecule has 0 radical (unpaired) electrons. The van der Waals surface area contributed by atoms with E-state index in [-0.39, 0.29) is 6.61 Å². The summed E-state index contributed by atoms with van der Waals surface area (Å²) in [5.41, 5.74) is 1.10. The maximum atomic E-state index is 9.36. The van der Waals surface area contributed by atoms with E-state index in [4.69, 9.17) is 9.47 Å². The molecule has 1 saturated carbocycles. The van der Waals surface area contributed by atoms with Gasteiger partial charge in [0.15, 0.2) is 11.5 Å². The van der Waals surface area contributed by atoms with E-state index in [1.165, 1.54) is 6.42 Å². The molecule has 1 fully saturated rings. The summed E-state index contributed by atoms with van der Waals surface area (Å²) in [6.45, 7) is 3.61. The molecule has 1 aliphatic rings. The monoisotopic (exact) mass is 279 g/mol. The van der Waals surface area contributed by atoms with Crippen LogP contribution in [0.25, 0.3) is 0 Å². The van der Waals surface area contributed by atoms with Gasteiger partial charge in [-0.1, -0.05) is 18.6 Å². The van der Waals surface area contributed by atoms with Crippen LogP contribution in [-0.4, -0.2) is 31.5 Å². The van der Waals surface area contributed by atoms with Crippen molar-refractivity contribution < 1.29 is 14.6 Å². The molecule has 0 aliphatic heterocycles. The molecule has 0 saturated heterocycles. The quantitative estimate of drug-likeness (QED) is 0.804. The van der Waals surface area contributed by atoms with Crippen molar-refractivity contribution in [3.05, 3.63) is 23.8 Å². The number of hydrogen-bond acceptors (Lipinski definition) is 4. The van der Waals surface area contributed by atoms with Crippen LogP contribution in [0.5, 0.6) is 11.5 Å². The molecule has 1 aliphatic carbocycles. The summed E-state index contributed by atoms with van der Waals surface area (Å²) in [5.74, 6) is 1.98. The second-order valence-corrected chi connectivity index (χ2v) is 5.24. The number of rotatable bonds is 7. The third-order valence-corrected chi connectivity index (χ3v) is 4.01. The number of nitrogens with one attached hydrogen (secondary N) is 1. The molecule has 0 spiro atoms. The zero-order valence-corrected chi connectivity index (χ0v) is 12.4. The fraction of sp³-hybridized carbons (Fsp3) is 0.625. The minimum absolute atomic E-state index is 0.272. The van der Waals surface area contributed by atoms with Crippen molar-refractivity contribution >= 4 is 0 Å². The highest BCUT2D eigenvalue weighted by molar-refractivity contribution is 5.46. The lowest BCUT2D eigenvalue weighted by atomic mass is 10.0. The molecule has 20 heavy (non-hydrogen) atoms. The van der Waals surface area contributed by atoms with Gasteiger partial charge in [-0.3, -0.25) is 0 Å². The number of methoxy groups -OCH3 is 1. The normalized spacial score (nSPS) is 21.9. The van der Waals surface area contributed by atoms with E-state index in [9.17, 15) is 5.11 Å². The maximum Gasteiger partial charge on any atom is 0.165 e. The topological polar surface area (TPSA) is 50.7 Å². The third kappa shape index (κ3) is 3.44. The fourth-order valence-corrected chi connectivity index (χ4v) is 2.97. The molecule has 112 valence electrons. The van der Waals surface area contributed by atoms with E-state index >= 15 is 0 Å². The largest absolute Gasteiger partial charge is 0.493 e. The number of aliphatic hydroxyl groups is 1. The van der Waals surface area contributed by atoms with Crippen LogP contribution in [0.4, 0.5) is 0 Å². The van der Waals surface area contributed by atoms with Crippen molar-refractivity contribution in [3.8, 4) is 11.5 Å². The Hall–Kier alpha value is -1.26. The van der Waals surface area contributed by atoms with Crippen molar-refractivity contribution in [3.63, 3.8) is 0 Å². The van der Waals surface area contributed by atoms with Crippen molar-refractivity contribution in [1.29, 1.82) is 0 Å². The van der Waals surface area contributed by atoms with Gasteiger partial charge >= 0.3 is 0 Å². The Labute approximate surface area is 121 Å². The first-order valence-corrected chi connectivity index (χ1v) is 7.43. The molecular formula is C16H25NO3. The molecule has 4 heteroatoms. The van der Waals surface area contributed by atoms with E-state index in [2.05, 4.69) is 11.4 Å². The standard InChI is InChI=1S/C16H25NO3/c1-3-20-15-9-5-6-12(16(15)19-2)10-17-14-8-4-7-13(14)11-18/h5-6,9,13-14,17-18H,3-4,7-8,10-11H2,1-2H3. The summed E-state index contributed by atoms with van der Waals surface area (Å²) < 4.78 is 11.1. The SMILES string of the molecule is CCOc1cccc(CNC2CCCC2CO)c1OC. The lowest BCUT2D eigenvalue weighted by molar-refractivity contribution is 0.204. The van der Waals surface area contributed by atoms with Gasteiger partial charge in [0.2, 0.25) is 0 Å². The molecular weight excluding hydrogens is 254 g/mol. The Balaban J connectivity index is 2.03. The van der Waals surface area contributed by atoms with Crippen LogP contribution >= 0.6 is 0 Å². The molecule has 2 unspecified atom stereocenters. The van der Waals surface area contributed by atoms with Gasteiger partial charge in [0.05, 0.1) is 13.7 Å². The van der Waals surface area contributed by atoms with Crippen LogP contribution in [0, 0.1) is 5.92 Å². The Morgan fingerprint density at radius 2 is 2.20 bits per heavy atom. The number of aliphatic hydroxyl groups excluding tert-OH is 1. The van der Waals surface area contributed by atoms with Gasteiger partial charge in [-0.25, -0.2) is 0 Å². The first-order chi connectivity index (χ1) is 9.80. The zero-order valence-electron chi connectivity index (χ0n) is 12.4. The van der Waals surface area contributed by atoms with Crippen molar-refractivity contribution in [2.24, 2.45) is 5.92 Å². The molecule has 4 nitrogen and oxygen atoms in total. The van der Waals surface area contributed by atoms with Crippen LogP contribution in [0.1, 0.15) is 31.7 Å². The smallest absolute Gasteiger partial charge is 0.165 e. The van der Waals surface area contributed by atoms with Gasteiger partial charge in [-0.15, -0.1) is 0 Å². The Kier molecular flexibility index (Phi) is 5.68. The lowest BCUT2D eigenvalue weighted by Crippen LogP contribution is -2.33. The maximum absolute atomic E-state index is 9.36. The predicted octanol–water partition coefficient (Wildman–Crippen LogP) is 2.34. The summed E-state index contributed by atoms with van der Waals surface area (Å²) in [6, 6.07) is 6.37. The van der Waals surface area contributed by atoms with Crippen LogP contribution in [-0.2, 0) is 6.54 Å². The van der Waals surface area contributed by atoms with E-state index in [0.717, 1.165) is 36.4 Å². The molecule has 0 aromatic heterocycles. The summed E-state index contributed by atoms with van der Waals surface area (Å²) in [7, 11) is 1.67. The molecule has 2 atom stereocenters. The van der Waals surface area contributed by atoms with Crippen LogP contribution < -0.4 is 14.8 Å². The first-order valence-electron chi connectivity index (χ1n) is 7.43. The minimum Gasteiger partial charge on any atom is -0.493 e. The summed E-state index contributed by atoms with van der Waals surface area (Å²) in [6.07, 6.45) is 3.45. The van der Waals surface area contributed by atoms with Crippen LogP contribution in [0.3, 0.4) is 0 Å². The molecule has 2 rings (SSSR count). The fourth-order valence-electron chi connectivity index (χ4n) is 2.97. The minimum atomic E-state index is 0.272. The van der Waals surface area contributed by atoms with E-state index in [1.807, 2.05) is 19.1 Å². The molecule has 0 heterocycles. The van der Waals surface area contributed by atoms with Gasteiger partial charge in [0, 0.05) is 24.8 Å². The van der Waals surface area contributed by atoms with Gasteiger partial charge < -0.3 is 19.9 Å². The molecule has 0 amide bonds. The molecule has 0 bridgehead atoms. The molecule has 1 aromatic rings. The van der Waals surface area contributed by atoms with Gasteiger partial charge in [0.1, 0.15) is 0 Å². The number of hydrogen-bond donors (Lipinski definition) is 2. The van der Waals surface area contributed by atoms with Gasteiger partial charge in [-0.2, -0.15) is 0 Å². The van der Waals surface area contributed by atoms with Gasteiger partial charge in [-0.05, 0) is 31.7 Å². The molecule has 2 N–H and O–H groups in total. The van der Waals surface area contributed by atoms with Crippen molar-refractivity contribution in [2.75, 3.05) is 20.3 Å². The zero-order chi connectivity index (χ0) is 14.4. The van der Waals surface area contributed by atoms with Crippen LogP contribution in [0.15, 0.2) is 18.2 Å². The second-order valence-electron chi connectivity index (χ2n) is 5.24. The van der Waals surface area contributed by atoms with E-state index < -0.39 is 0 Å². The van der Waals surface area contributed by atoms with Crippen molar-refractivity contribution in [2.45, 2.75) is 38.8 Å². The van der Waals surface area contributed by atoms with E-state index in [1.54, 1.807) is 7.11 Å². The Bertz CT molecular complexity index is 422. The first kappa shape index (κ1) is 15.1. The second kappa shape index (κ2) is 7.50. The highest BCUT2D eigenvalue weighted by atomic mass is 16.5. The Morgan fingerprint density at radius 3 is 2.90 bits per heavy atom. The highest BCUT2D eigenvalue weighted by Gasteiger charge is 2.26. The van der Waals surface area contributed by atoms with Gasteiger partial charge in [0.25, 0.3) is 0 Å². The van der Waals surface area contributed by atoms with Crippen molar-refractivity contribution in [1.82, 2.24) is 5.32 Å². The average molecular weight is 279 g/mol. The van der Waals surface area contributed by atoms with E-state index in [0.29, 0.717) is 18.6 Å². The number of ether oxygens (including phenoxy) is 2. The summed E-state index contributed by atoms with van der Waals surface area (Å²) in [5, 5.41) is 12.9. The summed E-state index contributed by atoms with van der Waals surface area (Å²) in [4.78, 5) is 0. The predicted molar refractivity (Wildman–Crippen MR) is 79.2 cm³/mol. The average Bonchev–Trinajstić information content (AvgIpc) is 2.93.